The fourth-order valence-corrected chi connectivity index (χ4v) is 3.33. The number of halogens is 1. The van der Waals surface area contributed by atoms with Crippen LogP contribution in [0.5, 0.6) is 0 Å². The lowest BCUT2D eigenvalue weighted by Crippen LogP contribution is -2.53. The molecule has 1 fully saturated rings. The first-order valence-electron chi connectivity index (χ1n) is 9.33. The number of hydrogen-bond donors (Lipinski definition) is 2. The minimum Gasteiger partial charge on any atom is -0.356 e. The zero-order valence-corrected chi connectivity index (χ0v) is 17.5. The van der Waals surface area contributed by atoms with E-state index in [-0.39, 0.29) is 5.91 Å². The highest BCUT2D eigenvalue weighted by atomic mass is 79.9. The Hall–Kier alpha value is -2.61. The minimum atomic E-state index is -0.0229. The Balaban J connectivity index is 1.41. The number of carbonyl (C=O) groups is 1. The molecule has 1 aromatic heterocycles. The van der Waals surface area contributed by atoms with Gasteiger partial charge in [0.05, 0.1) is 0 Å². The maximum atomic E-state index is 12.1. The fraction of sp³-hybridized carbons (Fsp3) is 0.350. The van der Waals surface area contributed by atoms with Crippen LogP contribution in [0, 0.1) is 0 Å². The lowest BCUT2D eigenvalue weighted by molar-refractivity contribution is -0.116. The van der Waals surface area contributed by atoms with Crippen LogP contribution in [0.4, 0.5) is 11.5 Å². The Labute approximate surface area is 174 Å². The first-order valence-corrected chi connectivity index (χ1v) is 10.1. The van der Waals surface area contributed by atoms with Crippen LogP contribution in [0.1, 0.15) is 6.42 Å². The Kier molecular flexibility index (Phi) is 7.25. The third-order valence-corrected chi connectivity index (χ3v) is 5.06. The van der Waals surface area contributed by atoms with Crippen LogP contribution in [0.25, 0.3) is 0 Å². The summed E-state index contributed by atoms with van der Waals surface area (Å²) in [6.45, 7) is 4.04. The number of pyridine rings is 1. The fourth-order valence-electron chi connectivity index (χ4n) is 3.06. The topological polar surface area (TPSA) is 72.9 Å². The molecule has 0 saturated carbocycles. The van der Waals surface area contributed by atoms with E-state index in [2.05, 4.69) is 46.3 Å². The third kappa shape index (κ3) is 5.69. The van der Waals surface area contributed by atoms with E-state index in [9.17, 15) is 4.79 Å². The van der Waals surface area contributed by atoms with E-state index in [0.717, 1.165) is 48.1 Å². The second-order valence-electron chi connectivity index (χ2n) is 6.44. The molecule has 0 aliphatic carbocycles. The minimum absolute atomic E-state index is 0.0229. The van der Waals surface area contributed by atoms with Gasteiger partial charge < -0.3 is 20.4 Å². The molecular weight excluding hydrogens is 420 g/mol. The molecule has 0 spiro atoms. The number of hydrogen-bond acceptors (Lipinski definition) is 4. The molecule has 0 atom stereocenters. The molecule has 2 aromatic rings. The summed E-state index contributed by atoms with van der Waals surface area (Å²) in [4.78, 5) is 25.4. The third-order valence-electron chi connectivity index (χ3n) is 4.53. The summed E-state index contributed by atoms with van der Waals surface area (Å²) < 4.78 is 0.985. The SMILES string of the molecule is CN=C(NCCC(=O)Nc1ccc(Br)cc1)N1CCN(c2ccccn2)CC1. The molecule has 8 heteroatoms. The van der Waals surface area contributed by atoms with E-state index in [4.69, 9.17) is 0 Å². The van der Waals surface area contributed by atoms with Crippen molar-refractivity contribution in [1.29, 1.82) is 0 Å². The Morgan fingerprint density at radius 1 is 1.14 bits per heavy atom. The largest absolute Gasteiger partial charge is 0.356 e. The molecule has 1 aliphatic heterocycles. The summed E-state index contributed by atoms with van der Waals surface area (Å²) in [5.74, 6) is 1.82. The molecule has 1 saturated heterocycles. The molecule has 0 radical (unpaired) electrons. The van der Waals surface area contributed by atoms with Gasteiger partial charge in [-0.2, -0.15) is 0 Å². The first kappa shape index (κ1) is 20.1. The predicted octanol–water partition coefficient (Wildman–Crippen LogP) is 2.57. The maximum Gasteiger partial charge on any atom is 0.226 e. The Morgan fingerprint density at radius 3 is 2.54 bits per heavy atom. The number of carbonyl (C=O) groups excluding carboxylic acids is 1. The highest BCUT2D eigenvalue weighted by molar-refractivity contribution is 9.10. The summed E-state index contributed by atoms with van der Waals surface area (Å²) in [6, 6.07) is 13.5. The molecule has 28 heavy (non-hydrogen) atoms. The summed E-state index contributed by atoms with van der Waals surface area (Å²) >= 11 is 3.39. The van der Waals surface area contributed by atoms with Crippen LogP contribution in [0.3, 0.4) is 0 Å². The number of anilines is 2. The van der Waals surface area contributed by atoms with E-state index in [1.165, 1.54) is 0 Å². The van der Waals surface area contributed by atoms with Crippen molar-refractivity contribution in [3.63, 3.8) is 0 Å². The van der Waals surface area contributed by atoms with Gasteiger partial charge in [0.1, 0.15) is 5.82 Å². The van der Waals surface area contributed by atoms with Crippen molar-refractivity contribution in [2.24, 2.45) is 4.99 Å². The molecule has 0 unspecified atom stereocenters. The number of aliphatic imine (C=N–C) groups is 1. The van der Waals surface area contributed by atoms with Gasteiger partial charge in [-0.25, -0.2) is 4.98 Å². The average molecular weight is 445 g/mol. The van der Waals surface area contributed by atoms with Gasteiger partial charge in [-0.05, 0) is 36.4 Å². The van der Waals surface area contributed by atoms with Gasteiger partial charge in [-0.15, -0.1) is 0 Å². The summed E-state index contributed by atoms with van der Waals surface area (Å²) in [5, 5.41) is 6.19. The number of piperazine rings is 1. The number of guanidine groups is 1. The van der Waals surface area contributed by atoms with Gasteiger partial charge in [-0.1, -0.05) is 22.0 Å². The number of nitrogens with zero attached hydrogens (tertiary/aromatic N) is 4. The van der Waals surface area contributed by atoms with E-state index in [0.29, 0.717) is 13.0 Å². The zero-order chi connectivity index (χ0) is 19.8. The summed E-state index contributed by atoms with van der Waals surface area (Å²) in [7, 11) is 1.77. The van der Waals surface area contributed by atoms with Gasteiger partial charge in [-0.3, -0.25) is 9.79 Å². The van der Waals surface area contributed by atoms with Gasteiger partial charge in [0.15, 0.2) is 5.96 Å². The molecule has 1 aromatic carbocycles. The highest BCUT2D eigenvalue weighted by Crippen LogP contribution is 2.14. The maximum absolute atomic E-state index is 12.1. The number of amides is 1. The number of nitrogens with one attached hydrogen (secondary N) is 2. The quantitative estimate of drug-likeness (QED) is 0.547. The van der Waals surface area contributed by atoms with Crippen molar-refractivity contribution >= 4 is 39.3 Å². The Morgan fingerprint density at radius 2 is 1.89 bits per heavy atom. The number of rotatable bonds is 5. The van der Waals surface area contributed by atoms with E-state index in [1.54, 1.807) is 7.05 Å². The zero-order valence-electron chi connectivity index (χ0n) is 15.9. The summed E-state index contributed by atoms with van der Waals surface area (Å²) in [6.07, 6.45) is 2.20. The second kappa shape index (κ2) is 10.1. The van der Waals surface area contributed by atoms with E-state index >= 15 is 0 Å². The average Bonchev–Trinajstić information content (AvgIpc) is 2.74. The number of aromatic nitrogens is 1. The number of benzene rings is 1. The highest BCUT2D eigenvalue weighted by Gasteiger charge is 2.20. The lowest BCUT2D eigenvalue weighted by Gasteiger charge is -2.37. The van der Waals surface area contributed by atoms with Crippen molar-refractivity contribution in [3.8, 4) is 0 Å². The molecule has 148 valence electrons. The van der Waals surface area contributed by atoms with Gasteiger partial charge >= 0.3 is 0 Å². The van der Waals surface area contributed by atoms with Crippen LogP contribution in [-0.4, -0.2) is 61.5 Å². The molecule has 1 amide bonds. The van der Waals surface area contributed by atoms with Gasteiger partial charge in [0, 0.05) is 62.5 Å². The molecule has 0 bridgehead atoms. The van der Waals surface area contributed by atoms with Crippen LogP contribution in [-0.2, 0) is 4.79 Å². The Bertz CT molecular complexity index is 788. The van der Waals surface area contributed by atoms with Crippen molar-refractivity contribution in [2.75, 3.05) is 50.0 Å². The summed E-state index contributed by atoms with van der Waals surface area (Å²) in [5.41, 5.74) is 0.795. The van der Waals surface area contributed by atoms with Crippen LogP contribution >= 0.6 is 15.9 Å². The lowest BCUT2D eigenvalue weighted by atomic mass is 10.3. The van der Waals surface area contributed by atoms with Gasteiger partial charge in [0.2, 0.25) is 5.91 Å². The second-order valence-corrected chi connectivity index (χ2v) is 7.36. The standard InChI is InChI=1S/C20H25BrN6O/c1-22-20(24-11-9-19(28)25-17-7-5-16(21)6-8-17)27-14-12-26(13-15-27)18-4-2-3-10-23-18/h2-8,10H,9,11-15H2,1H3,(H,22,24)(H,25,28). The monoisotopic (exact) mass is 444 g/mol. The molecule has 7 nitrogen and oxygen atoms in total. The normalized spacial score (nSPS) is 14.7. The molecule has 2 heterocycles. The van der Waals surface area contributed by atoms with E-state index in [1.807, 2.05) is 48.7 Å². The van der Waals surface area contributed by atoms with Crippen molar-refractivity contribution < 1.29 is 4.79 Å². The molecule has 1 aliphatic rings. The van der Waals surface area contributed by atoms with Crippen molar-refractivity contribution in [1.82, 2.24) is 15.2 Å². The molecular formula is C20H25BrN6O. The molecule has 3 rings (SSSR count). The molecule has 2 N–H and O–H groups in total. The van der Waals surface area contributed by atoms with Crippen molar-refractivity contribution in [3.05, 3.63) is 53.1 Å². The first-order chi connectivity index (χ1) is 13.7. The predicted molar refractivity (Wildman–Crippen MR) is 117 cm³/mol. The van der Waals surface area contributed by atoms with E-state index < -0.39 is 0 Å². The van der Waals surface area contributed by atoms with Gasteiger partial charge in [0.25, 0.3) is 0 Å². The van der Waals surface area contributed by atoms with Crippen LogP contribution < -0.4 is 15.5 Å². The van der Waals surface area contributed by atoms with Crippen LogP contribution in [0.15, 0.2) is 58.1 Å². The smallest absolute Gasteiger partial charge is 0.226 e. The van der Waals surface area contributed by atoms with Crippen molar-refractivity contribution in [2.45, 2.75) is 6.42 Å². The van der Waals surface area contributed by atoms with Crippen LogP contribution in [0.2, 0.25) is 0 Å².